The van der Waals surface area contributed by atoms with Crippen molar-refractivity contribution < 1.29 is 14.0 Å². The highest BCUT2D eigenvalue weighted by atomic mass is 32.2. The van der Waals surface area contributed by atoms with Crippen LogP contribution in [0.1, 0.15) is 16.3 Å². The minimum absolute atomic E-state index is 0.138. The van der Waals surface area contributed by atoms with Crippen LogP contribution in [0.25, 0.3) is 0 Å². The van der Waals surface area contributed by atoms with E-state index < -0.39 is 6.04 Å². The second-order valence-corrected chi connectivity index (χ2v) is 8.53. The summed E-state index contributed by atoms with van der Waals surface area (Å²) in [7, 11) is 1.71. The van der Waals surface area contributed by atoms with E-state index in [2.05, 4.69) is 10.3 Å². The molecule has 2 aromatic rings. The molecule has 5 nitrogen and oxygen atoms in total. The number of nitrogens with one attached hydrogen (secondary N) is 1. The van der Waals surface area contributed by atoms with Gasteiger partial charge in [-0.25, -0.2) is 9.37 Å². The van der Waals surface area contributed by atoms with E-state index in [1.807, 2.05) is 12.3 Å². The molecule has 0 unspecified atom stereocenters. The third kappa shape index (κ3) is 4.42. The number of amides is 2. The second-order valence-electron chi connectivity index (χ2n) is 6.23. The molecule has 1 aliphatic heterocycles. The normalized spacial score (nSPS) is 19.9. The van der Waals surface area contributed by atoms with Crippen LogP contribution in [-0.2, 0) is 22.6 Å². The number of carbonyl (C=O) groups is 2. The fourth-order valence-electron chi connectivity index (χ4n) is 2.81. The molecule has 3 rings (SSSR count). The van der Waals surface area contributed by atoms with E-state index in [0.717, 1.165) is 10.7 Å². The van der Waals surface area contributed by atoms with Gasteiger partial charge < -0.3 is 10.2 Å². The van der Waals surface area contributed by atoms with Gasteiger partial charge in [0.1, 0.15) is 11.9 Å². The topological polar surface area (TPSA) is 62.3 Å². The maximum atomic E-state index is 13.8. The molecule has 0 aliphatic carbocycles. The van der Waals surface area contributed by atoms with Gasteiger partial charge in [-0.3, -0.25) is 9.59 Å². The molecule has 0 radical (unpaired) electrons. The average molecular weight is 394 g/mol. The van der Waals surface area contributed by atoms with Gasteiger partial charge >= 0.3 is 0 Å². The first kappa shape index (κ1) is 18.8. The highest BCUT2D eigenvalue weighted by molar-refractivity contribution is 8.00. The Bertz CT molecular complexity index is 811. The Hall–Kier alpha value is -1.93. The summed E-state index contributed by atoms with van der Waals surface area (Å²) in [6.07, 6.45) is 0.317. The summed E-state index contributed by atoms with van der Waals surface area (Å²) in [6, 6.07) is 5.90. The molecule has 0 saturated carbocycles. The van der Waals surface area contributed by atoms with Crippen molar-refractivity contribution in [1.29, 1.82) is 0 Å². The van der Waals surface area contributed by atoms with E-state index in [1.54, 1.807) is 41.5 Å². The summed E-state index contributed by atoms with van der Waals surface area (Å²) in [4.78, 5) is 30.9. The number of benzene rings is 1. The third-order valence-corrected chi connectivity index (χ3v) is 6.31. The van der Waals surface area contributed by atoms with Crippen molar-refractivity contribution in [3.05, 3.63) is 51.7 Å². The molecule has 0 spiro atoms. The molecule has 2 atom stereocenters. The van der Waals surface area contributed by atoms with Crippen molar-refractivity contribution >= 4 is 34.9 Å². The highest BCUT2D eigenvalue weighted by Gasteiger charge is 2.34. The molecule has 1 aromatic carbocycles. The Morgan fingerprint density at radius 2 is 2.19 bits per heavy atom. The molecule has 1 fully saturated rings. The number of likely N-dealkylation sites (N-methyl/N-ethyl adjacent to an activating group) is 1. The van der Waals surface area contributed by atoms with E-state index in [9.17, 15) is 14.0 Å². The number of aryl methyl sites for hydroxylation is 1. The van der Waals surface area contributed by atoms with Crippen LogP contribution in [0.4, 0.5) is 4.39 Å². The van der Waals surface area contributed by atoms with E-state index in [4.69, 9.17) is 0 Å². The Labute approximate surface area is 160 Å². The molecule has 1 saturated heterocycles. The largest absolute Gasteiger partial charge is 0.343 e. The summed E-state index contributed by atoms with van der Waals surface area (Å²) in [6.45, 7) is 2.34. The van der Waals surface area contributed by atoms with Gasteiger partial charge in [0.25, 0.3) is 0 Å². The Morgan fingerprint density at radius 3 is 2.85 bits per heavy atom. The first-order valence-electron chi connectivity index (χ1n) is 8.25. The van der Waals surface area contributed by atoms with Crippen molar-refractivity contribution in [3.8, 4) is 0 Å². The molecule has 26 heavy (non-hydrogen) atoms. The van der Waals surface area contributed by atoms with Gasteiger partial charge in [0, 0.05) is 18.2 Å². The second kappa shape index (κ2) is 8.18. The number of hydrogen-bond donors (Lipinski definition) is 1. The summed E-state index contributed by atoms with van der Waals surface area (Å²) in [5, 5.41) is 5.29. The fourth-order valence-corrected chi connectivity index (χ4v) is 4.58. The van der Waals surface area contributed by atoms with E-state index in [1.165, 1.54) is 17.8 Å². The van der Waals surface area contributed by atoms with Crippen LogP contribution >= 0.6 is 23.1 Å². The van der Waals surface area contributed by atoms with Crippen LogP contribution in [0.15, 0.2) is 29.6 Å². The molecule has 0 bridgehead atoms. The van der Waals surface area contributed by atoms with Crippen LogP contribution < -0.4 is 5.32 Å². The fraction of sp³-hybridized carbons (Fsp3) is 0.389. The molecule has 8 heteroatoms. The van der Waals surface area contributed by atoms with Gasteiger partial charge in [-0.1, -0.05) is 18.2 Å². The molecular formula is C18H20FN3O2S2. The number of carbonyl (C=O) groups excluding carboxylic acids is 2. The van der Waals surface area contributed by atoms with E-state index in [-0.39, 0.29) is 22.9 Å². The first-order valence-corrected chi connectivity index (χ1v) is 10.2. The maximum absolute atomic E-state index is 13.8. The first-order chi connectivity index (χ1) is 12.4. The highest BCUT2D eigenvalue weighted by Crippen LogP contribution is 2.24. The third-order valence-electron chi connectivity index (χ3n) is 4.18. The zero-order valence-electron chi connectivity index (χ0n) is 14.6. The number of thiazole rings is 1. The predicted molar refractivity (Wildman–Crippen MR) is 102 cm³/mol. The standard InChI is InChI=1S/C18H20FN3O2S2/c1-11-20-13(9-25-11)8-22(2)18(24)15-10-26-16(17(23)21-15)7-12-5-3-4-6-14(12)19/h3-6,9,15-16H,7-8,10H2,1-2H3,(H,21,23)/t15-,16-/m0/s1. The van der Waals surface area contributed by atoms with Crippen molar-refractivity contribution in [2.45, 2.75) is 31.2 Å². The summed E-state index contributed by atoms with van der Waals surface area (Å²) < 4.78 is 13.8. The Kier molecular flexibility index (Phi) is 5.93. The summed E-state index contributed by atoms with van der Waals surface area (Å²) >= 11 is 2.94. The van der Waals surface area contributed by atoms with Crippen molar-refractivity contribution in [2.24, 2.45) is 0 Å². The molecule has 1 N–H and O–H groups in total. The smallest absolute Gasteiger partial charge is 0.246 e. The van der Waals surface area contributed by atoms with Gasteiger partial charge in [0.15, 0.2) is 0 Å². The quantitative estimate of drug-likeness (QED) is 0.847. The number of aromatic nitrogens is 1. The lowest BCUT2D eigenvalue weighted by molar-refractivity contribution is -0.135. The molecule has 138 valence electrons. The zero-order valence-corrected chi connectivity index (χ0v) is 16.2. The lowest BCUT2D eigenvalue weighted by Crippen LogP contribution is -2.54. The minimum atomic E-state index is -0.561. The SMILES string of the molecule is Cc1nc(CN(C)C(=O)[C@@H]2CS[C@@H](Cc3ccccc3F)C(=O)N2)cs1. The molecule has 2 amide bonds. The van der Waals surface area contributed by atoms with Crippen LogP contribution in [0.2, 0.25) is 0 Å². The summed E-state index contributed by atoms with van der Waals surface area (Å²) in [5.41, 5.74) is 1.36. The predicted octanol–water partition coefficient (Wildman–Crippen LogP) is 2.39. The van der Waals surface area contributed by atoms with Crippen LogP contribution in [0.5, 0.6) is 0 Å². The molecule has 1 aromatic heterocycles. The minimum Gasteiger partial charge on any atom is -0.343 e. The monoisotopic (exact) mass is 393 g/mol. The van der Waals surface area contributed by atoms with Crippen LogP contribution in [0, 0.1) is 12.7 Å². The molecule has 1 aliphatic rings. The van der Waals surface area contributed by atoms with Gasteiger partial charge in [-0.15, -0.1) is 23.1 Å². The van der Waals surface area contributed by atoms with Gasteiger partial charge in [-0.2, -0.15) is 0 Å². The zero-order chi connectivity index (χ0) is 18.7. The number of thioether (sulfide) groups is 1. The summed E-state index contributed by atoms with van der Waals surface area (Å²) in [5.74, 6) is -0.191. The van der Waals surface area contributed by atoms with E-state index >= 15 is 0 Å². The number of hydrogen-bond acceptors (Lipinski definition) is 5. The van der Waals surface area contributed by atoms with Crippen LogP contribution in [-0.4, -0.2) is 45.8 Å². The van der Waals surface area contributed by atoms with Crippen molar-refractivity contribution in [1.82, 2.24) is 15.2 Å². The molecular weight excluding hydrogens is 373 g/mol. The van der Waals surface area contributed by atoms with Gasteiger partial charge in [0.05, 0.1) is 22.5 Å². The van der Waals surface area contributed by atoms with Crippen molar-refractivity contribution in [2.75, 3.05) is 12.8 Å². The molecule has 2 heterocycles. The van der Waals surface area contributed by atoms with Crippen LogP contribution in [0.3, 0.4) is 0 Å². The Balaban J connectivity index is 1.56. The van der Waals surface area contributed by atoms with E-state index in [0.29, 0.717) is 24.3 Å². The number of nitrogens with zero attached hydrogens (tertiary/aromatic N) is 2. The Morgan fingerprint density at radius 1 is 1.42 bits per heavy atom. The average Bonchev–Trinajstić information content (AvgIpc) is 3.02. The maximum Gasteiger partial charge on any atom is 0.246 e. The number of halogens is 1. The lowest BCUT2D eigenvalue weighted by Gasteiger charge is -2.30. The van der Waals surface area contributed by atoms with Gasteiger partial charge in [0.2, 0.25) is 11.8 Å². The van der Waals surface area contributed by atoms with Gasteiger partial charge in [-0.05, 0) is 25.0 Å². The lowest BCUT2D eigenvalue weighted by atomic mass is 10.1. The van der Waals surface area contributed by atoms with Crippen molar-refractivity contribution in [3.63, 3.8) is 0 Å². The number of rotatable bonds is 5.